The number of hydrogen-bond donors (Lipinski definition) is 1. The molecule has 0 aromatic rings. The smallest absolute Gasteiger partial charge is 0.243 e. The summed E-state index contributed by atoms with van der Waals surface area (Å²) in [5.41, 5.74) is 0.00758. The number of likely N-dealkylation sites (tertiary alicyclic amines) is 1. The van der Waals surface area contributed by atoms with E-state index in [0.717, 1.165) is 64.5 Å². The van der Waals surface area contributed by atoms with Crippen molar-refractivity contribution in [2.75, 3.05) is 13.2 Å². The molecule has 1 N–H and O–H groups in total. The van der Waals surface area contributed by atoms with Crippen LogP contribution in [0.2, 0.25) is 0 Å². The van der Waals surface area contributed by atoms with Crippen LogP contribution >= 0.6 is 0 Å². The fourth-order valence-electron chi connectivity index (χ4n) is 4.86. The highest BCUT2D eigenvalue weighted by atomic mass is 16.5. The number of ether oxygens (including phenoxy) is 1. The lowest BCUT2D eigenvalue weighted by Crippen LogP contribution is -2.53. The monoisotopic (exact) mass is 334 g/mol. The van der Waals surface area contributed by atoms with Crippen molar-refractivity contribution in [1.29, 1.82) is 0 Å². The predicted octanol–water partition coefficient (Wildman–Crippen LogP) is 2.39. The van der Waals surface area contributed by atoms with Crippen LogP contribution in [0.3, 0.4) is 0 Å². The lowest BCUT2D eigenvalue weighted by atomic mass is 9.78. The van der Waals surface area contributed by atoms with Gasteiger partial charge in [0.25, 0.3) is 0 Å². The normalized spacial score (nSPS) is 32.8. The molecule has 4 aliphatic rings. The molecule has 2 aliphatic heterocycles. The number of nitrogens with one attached hydrogen (secondary N) is 1. The Kier molecular flexibility index (Phi) is 4.54. The molecule has 1 spiro atoms. The summed E-state index contributed by atoms with van der Waals surface area (Å²) >= 11 is 0. The van der Waals surface area contributed by atoms with Gasteiger partial charge in [-0.2, -0.15) is 0 Å². The van der Waals surface area contributed by atoms with E-state index in [4.69, 9.17) is 4.74 Å². The van der Waals surface area contributed by atoms with Crippen molar-refractivity contribution in [1.82, 2.24) is 10.2 Å². The first-order valence-electron chi connectivity index (χ1n) is 9.92. The van der Waals surface area contributed by atoms with Gasteiger partial charge in [0.2, 0.25) is 11.8 Å². The van der Waals surface area contributed by atoms with Gasteiger partial charge in [-0.25, -0.2) is 0 Å². The van der Waals surface area contributed by atoms with Crippen LogP contribution in [0.25, 0.3) is 0 Å². The van der Waals surface area contributed by atoms with Crippen LogP contribution in [-0.2, 0) is 14.3 Å². The molecule has 2 atom stereocenters. The molecule has 134 valence electrons. The highest BCUT2D eigenvalue weighted by Gasteiger charge is 2.43. The third-order valence-corrected chi connectivity index (χ3v) is 6.37. The predicted molar refractivity (Wildman–Crippen MR) is 90.4 cm³/mol. The van der Waals surface area contributed by atoms with E-state index in [1.807, 2.05) is 4.90 Å². The van der Waals surface area contributed by atoms with Gasteiger partial charge in [-0.1, -0.05) is 19.3 Å². The van der Waals surface area contributed by atoms with Gasteiger partial charge in [0, 0.05) is 25.1 Å². The molecule has 0 aromatic carbocycles. The number of carbonyl (C=O) groups is 2. The zero-order valence-corrected chi connectivity index (χ0v) is 14.6. The number of hydrogen-bond acceptors (Lipinski definition) is 3. The van der Waals surface area contributed by atoms with Gasteiger partial charge in [-0.3, -0.25) is 9.59 Å². The summed E-state index contributed by atoms with van der Waals surface area (Å²) in [6.07, 6.45) is 11.7. The van der Waals surface area contributed by atoms with E-state index in [2.05, 4.69) is 5.32 Å². The van der Waals surface area contributed by atoms with Gasteiger partial charge in [0.1, 0.15) is 6.04 Å². The highest BCUT2D eigenvalue weighted by molar-refractivity contribution is 5.90. The fourth-order valence-corrected chi connectivity index (χ4v) is 4.86. The van der Waals surface area contributed by atoms with Crippen LogP contribution in [0, 0.1) is 5.92 Å². The lowest BCUT2D eigenvalue weighted by Gasteiger charge is -2.44. The summed E-state index contributed by atoms with van der Waals surface area (Å²) in [5.74, 6) is 0.481. The van der Waals surface area contributed by atoms with E-state index >= 15 is 0 Å². The molecule has 2 amide bonds. The summed E-state index contributed by atoms with van der Waals surface area (Å²) in [4.78, 5) is 27.0. The quantitative estimate of drug-likeness (QED) is 0.862. The minimum absolute atomic E-state index is 0.00758. The largest absolute Gasteiger partial charge is 0.375 e. The first kappa shape index (κ1) is 16.4. The number of rotatable bonds is 3. The average molecular weight is 334 g/mol. The van der Waals surface area contributed by atoms with E-state index in [-0.39, 0.29) is 35.4 Å². The Labute approximate surface area is 144 Å². The molecule has 5 heteroatoms. The van der Waals surface area contributed by atoms with Crippen LogP contribution in [0.4, 0.5) is 0 Å². The van der Waals surface area contributed by atoms with Crippen molar-refractivity contribution in [2.45, 2.75) is 88.3 Å². The van der Waals surface area contributed by atoms with Crippen LogP contribution in [-0.4, -0.2) is 47.6 Å². The van der Waals surface area contributed by atoms with Gasteiger partial charge in [0.05, 0.1) is 5.60 Å². The van der Waals surface area contributed by atoms with Crippen LogP contribution < -0.4 is 5.32 Å². The van der Waals surface area contributed by atoms with E-state index in [1.165, 1.54) is 19.3 Å². The number of amides is 2. The second-order valence-corrected chi connectivity index (χ2v) is 8.25. The Morgan fingerprint density at radius 2 is 1.79 bits per heavy atom. The van der Waals surface area contributed by atoms with Gasteiger partial charge < -0.3 is 15.0 Å². The Balaban J connectivity index is 1.35. The second-order valence-electron chi connectivity index (χ2n) is 8.25. The maximum absolute atomic E-state index is 12.8. The maximum Gasteiger partial charge on any atom is 0.243 e. The Morgan fingerprint density at radius 3 is 2.54 bits per heavy atom. The van der Waals surface area contributed by atoms with Crippen molar-refractivity contribution in [3.05, 3.63) is 0 Å². The van der Waals surface area contributed by atoms with Crippen LogP contribution in [0.5, 0.6) is 0 Å². The first-order chi connectivity index (χ1) is 11.7. The molecule has 0 aromatic heterocycles. The summed E-state index contributed by atoms with van der Waals surface area (Å²) in [6.45, 7) is 1.51. The zero-order valence-electron chi connectivity index (χ0n) is 14.6. The van der Waals surface area contributed by atoms with Gasteiger partial charge in [0.15, 0.2) is 0 Å². The second kappa shape index (κ2) is 6.66. The summed E-state index contributed by atoms with van der Waals surface area (Å²) in [7, 11) is 0. The third-order valence-electron chi connectivity index (χ3n) is 6.37. The Bertz CT molecular complexity index is 491. The molecule has 0 unspecified atom stereocenters. The van der Waals surface area contributed by atoms with E-state index in [9.17, 15) is 9.59 Å². The van der Waals surface area contributed by atoms with Crippen LogP contribution in [0.15, 0.2) is 0 Å². The molecule has 2 saturated heterocycles. The van der Waals surface area contributed by atoms with Gasteiger partial charge in [-0.05, 0) is 51.4 Å². The van der Waals surface area contributed by atoms with E-state index in [0.29, 0.717) is 0 Å². The number of carbonyl (C=O) groups excluding carboxylic acids is 2. The molecule has 0 bridgehead atoms. The zero-order chi connectivity index (χ0) is 16.6. The molecule has 2 heterocycles. The first-order valence-corrected chi connectivity index (χ1v) is 9.92. The van der Waals surface area contributed by atoms with Crippen molar-refractivity contribution >= 4 is 11.8 Å². The minimum Gasteiger partial charge on any atom is -0.375 e. The maximum atomic E-state index is 12.8. The van der Waals surface area contributed by atoms with Crippen molar-refractivity contribution in [2.24, 2.45) is 5.92 Å². The van der Waals surface area contributed by atoms with Crippen molar-refractivity contribution in [3.8, 4) is 0 Å². The lowest BCUT2D eigenvalue weighted by molar-refractivity contribution is -0.141. The van der Waals surface area contributed by atoms with Crippen molar-refractivity contribution < 1.29 is 14.3 Å². The molecule has 4 fully saturated rings. The third kappa shape index (κ3) is 3.32. The Hall–Kier alpha value is -1.10. The highest BCUT2D eigenvalue weighted by Crippen LogP contribution is 2.39. The summed E-state index contributed by atoms with van der Waals surface area (Å²) in [5, 5.41) is 3.26. The fraction of sp³-hybridized carbons (Fsp3) is 0.895. The minimum atomic E-state index is -0.233. The van der Waals surface area contributed by atoms with Crippen LogP contribution in [0.1, 0.15) is 70.6 Å². The SMILES string of the molecule is O=C(N[C@H]1CCOC2(CCCCC2)C1)[C@H]1CCCN1C(=O)C1CC1. The van der Waals surface area contributed by atoms with E-state index in [1.54, 1.807) is 0 Å². The van der Waals surface area contributed by atoms with E-state index < -0.39 is 0 Å². The molecule has 5 nitrogen and oxygen atoms in total. The molecular formula is C19H30N2O3. The summed E-state index contributed by atoms with van der Waals surface area (Å²) < 4.78 is 6.13. The standard InChI is InChI=1S/C19H30N2O3/c22-17(16-5-4-11-21(16)18(23)14-6-7-14)20-15-8-12-24-19(13-15)9-2-1-3-10-19/h14-16H,1-13H2,(H,20,22)/t15-,16+/m0/s1. The molecular weight excluding hydrogens is 304 g/mol. The molecule has 24 heavy (non-hydrogen) atoms. The summed E-state index contributed by atoms with van der Waals surface area (Å²) in [6, 6.07) is -0.0222. The Morgan fingerprint density at radius 1 is 1.00 bits per heavy atom. The van der Waals surface area contributed by atoms with Crippen molar-refractivity contribution in [3.63, 3.8) is 0 Å². The molecule has 2 saturated carbocycles. The molecule has 2 aliphatic carbocycles. The molecule has 4 rings (SSSR count). The molecule has 0 radical (unpaired) electrons. The number of nitrogens with zero attached hydrogens (tertiary/aromatic N) is 1. The topological polar surface area (TPSA) is 58.6 Å². The van der Waals surface area contributed by atoms with Gasteiger partial charge >= 0.3 is 0 Å². The average Bonchev–Trinajstić information content (AvgIpc) is 3.31. The van der Waals surface area contributed by atoms with Gasteiger partial charge in [-0.15, -0.1) is 0 Å².